The van der Waals surface area contributed by atoms with Crippen LogP contribution in [-0.4, -0.2) is 24.2 Å². The van der Waals surface area contributed by atoms with Gasteiger partial charge < -0.3 is 9.84 Å². The van der Waals surface area contributed by atoms with E-state index in [-0.39, 0.29) is 23.7 Å². The molecule has 29 heavy (non-hydrogen) atoms. The summed E-state index contributed by atoms with van der Waals surface area (Å²) < 4.78 is 5.23. The van der Waals surface area contributed by atoms with Crippen molar-refractivity contribution in [3.05, 3.63) is 34.4 Å². The van der Waals surface area contributed by atoms with Gasteiger partial charge >= 0.3 is 11.9 Å². The summed E-state index contributed by atoms with van der Waals surface area (Å²) in [6, 6.07) is 4.74. The number of rotatable bonds is 6. The Labute approximate surface area is 175 Å². The Kier molecular flexibility index (Phi) is 6.12. The molecule has 4 heteroatoms. The minimum absolute atomic E-state index is 0.0359. The standard InChI is InChI=1S/C25H36O4/c1-16(2)19-14-18-10-11-21-24(3,12-7-13-25(21,4)23(28)29-5)20(18)15-17(19)8-6-9-22(26)27/h14-16,21H,6-13H2,1-5H3,(H,26,27). The first-order chi connectivity index (χ1) is 13.6. The van der Waals surface area contributed by atoms with Gasteiger partial charge in [0, 0.05) is 6.42 Å². The highest BCUT2D eigenvalue weighted by Crippen LogP contribution is 2.58. The van der Waals surface area contributed by atoms with Crippen molar-refractivity contribution in [2.45, 2.75) is 90.4 Å². The summed E-state index contributed by atoms with van der Waals surface area (Å²) in [6.45, 7) is 8.86. The van der Waals surface area contributed by atoms with Gasteiger partial charge in [-0.05, 0) is 85.0 Å². The summed E-state index contributed by atoms with van der Waals surface area (Å²) in [5, 5.41) is 9.05. The molecular formula is C25H36O4. The zero-order chi connectivity index (χ0) is 21.4. The monoisotopic (exact) mass is 400 g/mol. The van der Waals surface area contributed by atoms with E-state index in [1.807, 2.05) is 0 Å². The van der Waals surface area contributed by atoms with Crippen LogP contribution in [-0.2, 0) is 32.6 Å². The van der Waals surface area contributed by atoms with Crippen molar-refractivity contribution < 1.29 is 19.4 Å². The molecule has 0 heterocycles. The topological polar surface area (TPSA) is 63.6 Å². The van der Waals surface area contributed by atoms with Gasteiger partial charge in [-0.1, -0.05) is 39.3 Å². The summed E-state index contributed by atoms with van der Waals surface area (Å²) in [5.74, 6) is -0.114. The zero-order valence-electron chi connectivity index (χ0n) is 18.6. The predicted octanol–water partition coefficient (Wildman–Crippen LogP) is 5.40. The minimum atomic E-state index is -0.734. The lowest BCUT2D eigenvalue weighted by molar-refractivity contribution is -0.161. The van der Waals surface area contributed by atoms with Gasteiger partial charge in [0.1, 0.15) is 0 Å². The average Bonchev–Trinajstić information content (AvgIpc) is 2.66. The first-order valence-corrected chi connectivity index (χ1v) is 11.1. The van der Waals surface area contributed by atoms with Crippen LogP contribution < -0.4 is 0 Å². The van der Waals surface area contributed by atoms with E-state index >= 15 is 0 Å². The number of ether oxygens (including phenoxy) is 1. The fourth-order valence-electron chi connectivity index (χ4n) is 6.24. The molecule has 0 amide bonds. The van der Waals surface area contributed by atoms with E-state index in [1.165, 1.54) is 29.4 Å². The van der Waals surface area contributed by atoms with Gasteiger partial charge in [-0.25, -0.2) is 0 Å². The Bertz CT molecular complexity index is 796. The van der Waals surface area contributed by atoms with Crippen LogP contribution in [0.15, 0.2) is 12.1 Å². The lowest BCUT2D eigenvalue weighted by Gasteiger charge is -2.54. The molecule has 1 fully saturated rings. The SMILES string of the molecule is COC(=O)C1(C)CCCC2(C)c3cc(CCCC(=O)O)c(C(C)C)cc3CCC12. The van der Waals surface area contributed by atoms with Crippen LogP contribution in [0, 0.1) is 11.3 Å². The normalized spacial score (nSPS) is 28.6. The van der Waals surface area contributed by atoms with Crippen LogP contribution in [0.5, 0.6) is 0 Å². The van der Waals surface area contributed by atoms with Crippen molar-refractivity contribution in [3.8, 4) is 0 Å². The van der Waals surface area contributed by atoms with Crippen molar-refractivity contribution in [1.29, 1.82) is 0 Å². The van der Waals surface area contributed by atoms with Crippen LogP contribution >= 0.6 is 0 Å². The average molecular weight is 401 g/mol. The number of carbonyl (C=O) groups excluding carboxylic acids is 1. The fourth-order valence-corrected chi connectivity index (χ4v) is 6.24. The summed E-state index contributed by atoms with van der Waals surface area (Å²) in [4.78, 5) is 23.7. The number of esters is 1. The highest BCUT2D eigenvalue weighted by molar-refractivity contribution is 5.77. The number of methoxy groups -OCH3 is 1. The predicted molar refractivity (Wildman–Crippen MR) is 114 cm³/mol. The van der Waals surface area contributed by atoms with E-state index in [0.717, 1.165) is 38.5 Å². The van der Waals surface area contributed by atoms with Crippen molar-refractivity contribution in [2.24, 2.45) is 11.3 Å². The molecular weight excluding hydrogens is 364 g/mol. The molecule has 1 aromatic carbocycles. The zero-order valence-corrected chi connectivity index (χ0v) is 18.6. The molecule has 3 rings (SSSR count). The van der Waals surface area contributed by atoms with Gasteiger partial charge in [-0.2, -0.15) is 0 Å². The molecule has 3 atom stereocenters. The summed E-state index contributed by atoms with van der Waals surface area (Å²) in [6.07, 6.45) is 6.68. The molecule has 0 saturated heterocycles. The first kappa shape index (κ1) is 21.9. The number of benzene rings is 1. The van der Waals surface area contributed by atoms with Gasteiger partial charge in [0.15, 0.2) is 0 Å². The lowest BCUT2D eigenvalue weighted by atomic mass is 9.49. The van der Waals surface area contributed by atoms with Crippen molar-refractivity contribution >= 4 is 11.9 Å². The first-order valence-electron chi connectivity index (χ1n) is 11.1. The number of carbonyl (C=O) groups is 2. The molecule has 1 aromatic rings. The second-order valence-electron chi connectivity index (χ2n) is 9.88. The summed E-state index contributed by atoms with van der Waals surface area (Å²) >= 11 is 0. The lowest BCUT2D eigenvalue weighted by Crippen LogP contribution is -2.52. The molecule has 160 valence electrons. The third-order valence-corrected chi connectivity index (χ3v) is 7.72. The van der Waals surface area contributed by atoms with E-state index in [9.17, 15) is 9.59 Å². The maximum Gasteiger partial charge on any atom is 0.311 e. The fraction of sp³-hybridized carbons (Fsp3) is 0.680. The minimum Gasteiger partial charge on any atom is -0.481 e. The maximum absolute atomic E-state index is 12.7. The van der Waals surface area contributed by atoms with Crippen molar-refractivity contribution in [2.75, 3.05) is 7.11 Å². The Morgan fingerprint density at radius 2 is 1.97 bits per heavy atom. The van der Waals surface area contributed by atoms with E-state index < -0.39 is 11.4 Å². The molecule has 0 aromatic heterocycles. The van der Waals surface area contributed by atoms with Gasteiger partial charge in [-0.15, -0.1) is 0 Å². The van der Waals surface area contributed by atoms with E-state index in [2.05, 4.69) is 39.8 Å². The van der Waals surface area contributed by atoms with E-state index in [0.29, 0.717) is 12.3 Å². The van der Waals surface area contributed by atoms with E-state index in [1.54, 1.807) is 0 Å². The van der Waals surface area contributed by atoms with Gasteiger partial charge in [0.2, 0.25) is 0 Å². The van der Waals surface area contributed by atoms with Crippen LogP contribution in [0.25, 0.3) is 0 Å². The number of hydrogen-bond donors (Lipinski definition) is 1. The number of aryl methyl sites for hydroxylation is 2. The van der Waals surface area contributed by atoms with Crippen LogP contribution in [0.1, 0.15) is 94.4 Å². The van der Waals surface area contributed by atoms with Gasteiger partial charge in [-0.3, -0.25) is 9.59 Å². The second kappa shape index (κ2) is 8.12. The Morgan fingerprint density at radius 3 is 2.59 bits per heavy atom. The van der Waals surface area contributed by atoms with Crippen molar-refractivity contribution in [3.63, 3.8) is 0 Å². The maximum atomic E-state index is 12.7. The molecule has 0 bridgehead atoms. The third-order valence-electron chi connectivity index (χ3n) is 7.72. The van der Waals surface area contributed by atoms with Crippen LogP contribution in [0.4, 0.5) is 0 Å². The summed E-state index contributed by atoms with van der Waals surface area (Å²) in [7, 11) is 1.51. The third kappa shape index (κ3) is 3.83. The van der Waals surface area contributed by atoms with Gasteiger partial charge in [0.05, 0.1) is 12.5 Å². The second-order valence-corrected chi connectivity index (χ2v) is 9.88. The van der Waals surface area contributed by atoms with Crippen LogP contribution in [0.2, 0.25) is 0 Å². The highest BCUT2D eigenvalue weighted by atomic mass is 16.5. The molecule has 0 spiro atoms. The molecule has 2 aliphatic carbocycles. The Balaban J connectivity index is 2.04. The smallest absolute Gasteiger partial charge is 0.311 e. The Hall–Kier alpha value is -1.84. The number of fused-ring (bicyclic) bond motifs is 3. The number of carboxylic acids is 1. The number of hydrogen-bond acceptors (Lipinski definition) is 3. The van der Waals surface area contributed by atoms with Gasteiger partial charge in [0.25, 0.3) is 0 Å². The quantitative estimate of drug-likeness (QED) is 0.649. The van der Waals surface area contributed by atoms with Crippen molar-refractivity contribution in [1.82, 2.24) is 0 Å². The Morgan fingerprint density at radius 1 is 1.24 bits per heavy atom. The largest absolute Gasteiger partial charge is 0.481 e. The number of carboxylic acid groups (broad SMARTS) is 1. The molecule has 1 saturated carbocycles. The number of aliphatic carboxylic acids is 1. The molecule has 0 radical (unpaired) electrons. The van der Waals surface area contributed by atoms with Crippen LogP contribution in [0.3, 0.4) is 0 Å². The highest BCUT2D eigenvalue weighted by Gasteiger charge is 2.55. The van der Waals surface area contributed by atoms with E-state index in [4.69, 9.17) is 9.84 Å². The molecule has 0 aliphatic heterocycles. The molecule has 1 N–H and O–H groups in total. The molecule has 3 unspecified atom stereocenters. The molecule has 4 nitrogen and oxygen atoms in total. The molecule has 2 aliphatic rings. The summed E-state index contributed by atoms with van der Waals surface area (Å²) in [5.41, 5.74) is 4.97.